The molecule has 1 saturated heterocycles. The molecular weight excluding hydrogens is 338 g/mol. The minimum atomic E-state index is -0.513. The van der Waals surface area contributed by atoms with Crippen LogP contribution in [0, 0.1) is 5.92 Å². The highest BCUT2D eigenvalue weighted by molar-refractivity contribution is 5.86. The second-order valence-corrected chi connectivity index (χ2v) is 7.64. The van der Waals surface area contributed by atoms with Crippen molar-refractivity contribution < 1.29 is 10.0 Å². The van der Waals surface area contributed by atoms with Gasteiger partial charge in [0.1, 0.15) is 0 Å². The van der Waals surface area contributed by atoms with Gasteiger partial charge in [-0.1, -0.05) is 42.5 Å². The van der Waals surface area contributed by atoms with Gasteiger partial charge >= 0.3 is 0 Å². The summed E-state index contributed by atoms with van der Waals surface area (Å²) < 4.78 is 0. The van der Waals surface area contributed by atoms with E-state index in [1.54, 1.807) is 0 Å². The zero-order chi connectivity index (χ0) is 18.6. The highest BCUT2D eigenvalue weighted by Gasteiger charge is 2.27. The Morgan fingerprint density at radius 2 is 1.59 bits per heavy atom. The van der Waals surface area contributed by atoms with Crippen LogP contribution in [0.15, 0.2) is 54.6 Å². The van der Waals surface area contributed by atoms with Crippen LogP contribution in [0.2, 0.25) is 0 Å². The Morgan fingerprint density at radius 1 is 0.963 bits per heavy atom. The number of hydrogen-bond acceptors (Lipinski definition) is 4. The summed E-state index contributed by atoms with van der Waals surface area (Å²) in [6, 6.07) is 17.7. The third-order valence-corrected chi connectivity index (χ3v) is 5.68. The molecule has 27 heavy (non-hydrogen) atoms. The van der Waals surface area contributed by atoms with E-state index >= 15 is 0 Å². The van der Waals surface area contributed by atoms with Crippen LogP contribution in [0.5, 0.6) is 0 Å². The van der Waals surface area contributed by atoms with Gasteiger partial charge in [-0.2, -0.15) is 0 Å². The van der Waals surface area contributed by atoms with Crippen molar-refractivity contribution in [2.24, 2.45) is 5.92 Å². The maximum Gasteiger partial charge on any atom is 0.255 e. The molecular formula is C22H27N3O2. The summed E-state index contributed by atoms with van der Waals surface area (Å²) in [6.45, 7) is 5.61. The zero-order valence-corrected chi connectivity index (χ0v) is 15.6. The predicted octanol–water partition coefficient (Wildman–Crippen LogP) is 2.86. The third-order valence-electron chi connectivity index (χ3n) is 5.68. The standard InChI is InChI=1S/C22H27N3O2/c26-22(23-27)21(18-4-2-1-3-5-18)19-8-10-20(11-9-19)25-14-12-24(13-15-25)16-17-6-7-17/h1-5,8-11,17,21,27H,6-7,12-16H2,(H,23,26). The molecule has 0 radical (unpaired) electrons. The van der Waals surface area contributed by atoms with E-state index in [1.165, 1.54) is 25.1 Å². The van der Waals surface area contributed by atoms with E-state index in [0.29, 0.717) is 0 Å². The number of hydrogen-bond donors (Lipinski definition) is 2. The van der Waals surface area contributed by atoms with Gasteiger partial charge in [0.05, 0.1) is 5.92 Å². The van der Waals surface area contributed by atoms with Crippen molar-refractivity contribution in [2.45, 2.75) is 18.8 Å². The van der Waals surface area contributed by atoms with Crippen LogP contribution in [0.25, 0.3) is 0 Å². The minimum Gasteiger partial charge on any atom is -0.369 e. The minimum absolute atomic E-state index is 0.414. The smallest absolute Gasteiger partial charge is 0.255 e. The number of anilines is 1. The van der Waals surface area contributed by atoms with Crippen LogP contribution in [0.1, 0.15) is 29.9 Å². The highest BCUT2D eigenvalue weighted by atomic mass is 16.5. The molecule has 2 fully saturated rings. The number of nitrogens with zero attached hydrogens (tertiary/aromatic N) is 2. The lowest BCUT2D eigenvalue weighted by Crippen LogP contribution is -2.47. The molecule has 5 heteroatoms. The molecule has 2 aliphatic rings. The fraction of sp³-hybridized carbons (Fsp3) is 0.409. The number of carbonyl (C=O) groups excluding carboxylic acids is 1. The molecule has 1 atom stereocenters. The summed E-state index contributed by atoms with van der Waals surface area (Å²) in [6.07, 6.45) is 2.82. The molecule has 5 nitrogen and oxygen atoms in total. The van der Waals surface area contributed by atoms with Crippen molar-refractivity contribution in [2.75, 3.05) is 37.6 Å². The first-order valence-electron chi connectivity index (χ1n) is 9.81. The van der Waals surface area contributed by atoms with Crippen molar-refractivity contribution in [1.29, 1.82) is 0 Å². The molecule has 2 aromatic rings. The van der Waals surface area contributed by atoms with Gasteiger partial charge < -0.3 is 4.90 Å². The maximum absolute atomic E-state index is 12.3. The van der Waals surface area contributed by atoms with Gasteiger partial charge in [-0.15, -0.1) is 0 Å². The van der Waals surface area contributed by atoms with Crippen LogP contribution in [-0.2, 0) is 4.79 Å². The average Bonchev–Trinajstić information content (AvgIpc) is 3.54. The van der Waals surface area contributed by atoms with E-state index in [-0.39, 0.29) is 0 Å². The lowest BCUT2D eigenvalue weighted by atomic mass is 9.90. The first-order chi connectivity index (χ1) is 13.2. The van der Waals surface area contributed by atoms with Gasteiger partial charge in [0.2, 0.25) is 0 Å². The molecule has 0 aromatic heterocycles. The van der Waals surface area contributed by atoms with Crippen LogP contribution in [0.3, 0.4) is 0 Å². The molecule has 1 heterocycles. The van der Waals surface area contributed by atoms with E-state index in [1.807, 2.05) is 47.9 Å². The average molecular weight is 365 g/mol. The van der Waals surface area contributed by atoms with Crippen molar-refractivity contribution in [3.05, 3.63) is 65.7 Å². The molecule has 142 valence electrons. The lowest BCUT2D eigenvalue weighted by Gasteiger charge is -2.36. The van der Waals surface area contributed by atoms with Gasteiger partial charge in [0.15, 0.2) is 0 Å². The summed E-state index contributed by atoms with van der Waals surface area (Å²) >= 11 is 0. The quantitative estimate of drug-likeness (QED) is 0.611. The Hall–Kier alpha value is -2.37. The molecule has 2 aromatic carbocycles. The largest absolute Gasteiger partial charge is 0.369 e. The predicted molar refractivity (Wildman–Crippen MR) is 106 cm³/mol. The highest BCUT2D eigenvalue weighted by Crippen LogP contribution is 2.31. The summed E-state index contributed by atoms with van der Waals surface area (Å²) in [5, 5.41) is 9.17. The maximum atomic E-state index is 12.3. The second-order valence-electron chi connectivity index (χ2n) is 7.64. The number of piperazine rings is 1. The summed E-state index contributed by atoms with van der Waals surface area (Å²) in [7, 11) is 0. The zero-order valence-electron chi connectivity index (χ0n) is 15.6. The van der Waals surface area contributed by atoms with Crippen LogP contribution in [0.4, 0.5) is 5.69 Å². The van der Waals surface area contributed by atoms with E-state index in [2.05, 4.69) is 21.9 Å². The van der Waals surface area contributed by atoms with E-state index in [9.17, 15) is 4.79 Å². The first kappa shape index (κ1) is 18.0. The number of carbonyl (C=O) groups is 1. The molecule has 1 unspecified atom stereocenters. The van der Waals surface area contributed by atoms with E-state index in [4.69, 9.17) is 5.21 Å². The molecule has 0 bridgehead atoms. The van der Waals surface area contributed by atoms with E-state index < -0.39 is 11.8 Å². The lowest BCUT2D eigenvalue weighted by molar-refractivity contribution is -0.129. The summed E-state index contributed by atoms with van der Waals surface area (Å²) in [5.74, 6) is 0.0201. The Morgan fingerprint density at radius 3 is 2.19 bits per heavy atom. The number of hydroxylamine groups is 1. The number of rotatable bonds is 6. The van der Waals surface area contributed by atoms with Gasteiger partial charge in [0, 0.05) is 38.4 Å². The first-order valence-corrected chi connectivity index (χ1v) is 9.81. The van der Waals surface area contributed by atoms with Crippen molar-refractivity contribution in [1.82, 2.24) is 10.4 Å². The van der Waals surface area contributed by atoms with E-state index in [0.717, 1.165) is 43.2 Å². The molecule has 2 N–H and O–H groups in total. The molecule has 1 aliphatic heterocycles. The second kappa shape index (κ2) is 8.11. The molecule has 1 amide bonds. The monoisotopic (exact) mass is 365 g/mol. The third kappa shape index (κ3) is 4.31. The Labute approximate surface area is 160 Å². The fourth-order valence-electron chi connectivity index (χ4n) is 3.94. The van der Waals surface area contributed by atoms with Gasteiger partial charge in [0.25, 0.3) is 5.91 Å². The molecule has 4 rings (SSSR count). The Kier molecular flexibility index (Phi) is 5.41. The van der Waals surface area contributed by atoms with Crippen LogP contribution >= 0.6 is 0 Å². The SMILES string of the molecule is O=C(NO)C(c1ccccc1)c1ccc(N2CCN(CC3CC3)CC2)cc1. The van der Waals surface area contributed by atoms with Gasteiger partial charge in [-0.3, -0.25) is 14.9 Å². The number of nitrogens with one attached hydrogen (secondary N) is 1. The number of amides is 1. The normalized spacial score (nSPS) is 18.9. The summed E-state index contributed by atoms with van der Waals surface area (Å²) in [4.78, 5) is 17.2. The molecule has 1 saturated carbocycles. The van der Waals surface area contributed by atoms with Crippen molar-refractivity contribution >= 4 is 11.6 Å². The van der Waals surface area contributed by atoms with Crippen LogP contribution in [-0.4, -0.2) is 48.7 Å². The topological polar surface area (TPSA) is 55.8 Å². The fourth-order valence-corrected chi connectivity index (χ4v) is 3.94. The summed E-state index contributed by atoms with van der Waals surface area (Å²) in [5.41, 5.74) is 4.75. The molecule has 1 aliphatic carbocycles. The Balaban J connectivity index is 1.45. The van der Waals surface area contributed by atoms with Crippen molar-refractivity contribution in [3.63, 3.8) is 0 Å². The van der Waals surface area contributed by atoms with Crippen LogP contribution < -0.4 is 10.4 Å². The van der Waals surface area contributed by atoms with Crippen molar-refractivity contribution in [3.8, 4) is 0 Å². The number of benzene rings is 2. The molecule has 0 spiro atoms. The Bertz CT molecular complexity index is 751. The van der Waals surface area contributed by atoms with Gasteiger partial charge in [-0.25, -0.2) is 5.48 Å². The van der Waals surface area contributed by atoms with Gasteiger partial charge in [-0.05, 0) is 42.0 Å².